The van der Waals surface area contributed by atoms with Gasteiger partial charge in [-0.25, -0.2) is 0 Å². The number of aromatic nitrogens is 1. The molecule has 28 heavy (non-hydrogen) atoms. The number of hydrogen-bond acceptors (Lipinski definition) is 4. The second kappa shape index (κ2) is 10.8. The first-order valence-corrected chi connectivity index (χ1v) is 10.3. The molecule has 0 saturated carbocycles. The van der Waals surface area contributed by atoms with Gasteiger partial charge in [0.15, 0.2) is 0 Å². The van der Waals surface area contributed by atoms with Crippen molar-refractivity contribution < 1.29 is 9.53 Å². The van der Waals surface area contributed by atoms with E-state index in [1.807, 2.05) is 30.3 Å². The molecular weight excluding hydrogens is 350 g/mol. The van der Waals surface area contributed by atoms with E-state index in [4.69, 9.17) is 4.74 Å². The van der Waals surface area contributed by atoms with Crippen molar-refractivity contribution in [3.05, 3.63) is 59.9 Å². The number of pyridine rings is 1. The molecule has 1 amide bonds. The first-order valence-electron chi connectivity index (χ1n) is 10.3. The molecule has 1 aliphatic heterocycles. The van der Waals surface area contributed by atoms with Crippen LogP contribution in [0.25, 0.3) is 0 Å². The molecule has 1 unspecified atom stereocenters. The Balaban J connectivity index is 1.59. The fourth-order valence-electron chi connectivity index (χ4n) is 3.78. The summed E-state index contributed by atoms with van der Waals surface area (Å²) in [5.41, 5.74) is 2.20. The molecule has 0 aliphatic carbocycles. The summed E-state index contributed by atoms with van der Waals surface area (Å²) >= 11 is 0. The second-order valence-electron chi connectivity index (χ2n) is 7.38. The number of carbonyl (C=O) groups excluding carboxylic acids is 1. The topological polar surface area (TPSA) is 54.5 Å². The Bertz CT molecular complexity index is 710. The fraction of sp³-hybridized carbons (Fsp3) is 0.478. The van der Waals surface area contributed by atoms with Gasteiger partial charge in [-0.2, -0.15) is 0 Å². The van der Waals surface area contributed by atoms with Crippen molar-refractivity contribution in [2.45, 2.75) is 51.1 Å². The lowest BCUT2D eigenvalue weighted by Crippen LogP contribution is -2.40. The molecule has 3 rings (SSSR count). The average molecular weight is 382 g/mol. The lowest BCUT2D eigenvalue weighted by molar-refractivity contribution is -0.134. The van der Waals surface area contributed by atoms with Crippen LogP contribution in [-0.4, -0.2) is 42.0 Å². The number of carbonyl (C=O) groups is 1. The number of methoxy groups -OCH3 is 1. The number of aryl methyl sites for hydroxylation is 1. The maximum Gasteiger partial charge on any atom is 0.223 e. The van der Waals surface area contributed by atoms with Gasteiger partial charge in [-0.05, 0) is 75.0 Å². The first-order chi connectivity index (χ1) is 13.8. The molecule has 1 aliphatic rings. The maximum absolute atomic E-state index is 13.1. The van der Waals surface area contributed by atoms with Gasteiger partial charge in [-0.1, -0.05) is 18.2 Å². The van der Waals surface area contributed by atoms with Crippen molar-refractivity contribution in [1.29, 1.82) is 0 Å². The average Bonchev–Trinajstić information content (AvgIpc) is 3.02. The van der Waals surface area contributed by atoms with E-state index in [-0.39, 0.29) is 5.91 Å². The highest BCUT2D eigenvalue weighted by molar-refractivity contribution is 5.76. The van der Waals surface area contributed by atoms with Crippen LogP contribution in [0.5, 0.6) is 5.75 Å². The Morgan fingerprint density at radius 2 is 2.04 bits per heavy atom. The SMILES string of the molecule is COc1ccc(CCCC(=O)N(Cc2ccccn2)C2CCCNCC2)cc1. The molecule has 1 aromatic heterocycles. The standard InChI is InChI=1S/C23H31N3O2/c1-28-22-12-10-19(11-13-22)6-4-9-23(27)26(18-20-7-2-3-16-25-20)21-8-5-15-24-17-14-21/h2-3,7,10-13,16,21,24H,4-6,8-9,14-15,17-18H2,1H3. The van der Waals surface area contributed by atoms with Gasteiger partial charge < -0.3 is 15.0 Å². The molecule has 0 bridgehead atoms. The van der Waals surface area contributed by atoms with Gasteiger partial charge in [0.25, 0.3) is 0 Å². The van der Waals surface area contributed by atoms with Crippen LogP contribution in [0.2, 0.25) is 0 Å². The zero-order valence-corrected chi connectivity index (χ0v) is 16.8. The summed E-state index contributed by atoms with van der Waals surface area (Å²) in [6.45, 7) is 2.62. The van der Waals surface area contributed by atoms with Crippen LogP contribution in [0.3, 0.4) is 0 Å². The van der Waals surface area contributed by atoms with Gasteiger partial charge in [-0.3, -0.25) is 9.78 Å². The van der Waals surface area contributed by atoms with Gasteiger partial charge in [0.2, 0.25) is 5.91 Å². The molecule has 2 aromatic rings. The highest BCUT2D eigenvalue weighted by atomic mass is 16.5. The molecule has 5 heteroatoms. The summed E-state index contributed by atoms with van der Waals surface area (Å²) in [6.07, 6.45) is 7.32. The smallest absolute Gasteiger partial charge is 0.223 e. The predicted molar refractivity (Wildman–Crippen MR) is 111 cm³/mol. The van der Waals surface area contributed by atoms with Gasteiger partial charge in [0.05, 0.1) is 19.3 Å². The van der Waals surface area contributed by atoms with E-state index < -0.39 is 0 Å². The summed E-state index contributed by atoms with van der Waals surface area (Å²) in [7, 11) is 1.67. The Kier molecular flexibility index (Phi) is 7.85. The number of rotatable bonds is 8. The van der Waals surface area contributed by atoms with Gasteiger partial charge in [0.1, 0.15) is 5.75 Å². The van der Waals surface area contributed by atoms with E-state index in [1.54, 1.807) is 13.3 Å². The molecular formula is C23H31N3O2. The summed E-state index contributed by atoms with van der Waals surface area (Å²) in [4.78, 5) is 19.6. The largest absolute Gasteiger partial charge is 0.497 e. The molecule has 5 nitrogen and oxygen atoms in total. The van der Waals surface area contributed by atoms with Crippen LogP contribution in [0.1, 0.15) is 43.4 Å². The van der Waals surface area contributed by atoms with E-state index in [0.717, 1.165) is 56.6 Å². The quantitative estimate of drug-likeness (QED) is 0.759. The van der Waals surface area contributed by atoms with E-state index in [9.17, 15) is 4.79 Å². The Morgan fingerprint density at radius 3 is 2.79 bits per heavy atom. The molecule has 1 N–H and O–H groups in total. The number of amides is 1. The highest BCUT2D eigenvalue weighted by Gasteiger charge is 2.24. The summed E-state index contributed by atoms with van der Waals surface area (Å²) in [6, 6.07) is 14.3. The third-order valence-corrected chi connectivity index (χ3v) is 5.38. The molecule has 0 radical (unpaired) electrons. The number of ether oxygens (including phenoxy) is 1. The van der Waals surface area contributed by atoms with Gasteiger partial charge in [0, 0.05) is 18.7 Å². The van der Waals surface area contributed by atoms with E-state index in [2.05, 4.69) is 27.3 Å². The minimum atomic E-state index is 0.242. The van der Waals surface area contributed by atoms with Crippen LogP contribution >= 0.6 is 0 Å². The molecule has 0 spiro atoms. The number of nitrogens with one attached hydrogen (secondary N) is 1. The zero-order chi connectivity index (χ0) is 19.6. The van der Waals surface area contributed by atoms with Crippen molar-refractivity contribution in [2.75, 3.05) is 20.2 Å². The first kappa shape index (κ1) is 20.3. The minimum Gasteiger partial charge on any atom is -0.497 e. The van der Waals surface area contributed by atoms with Crippen LogP contribution in [-0.2, 0) is 17.8 Å². The predicted octanol–water partition coefficient (Wildman–Crippen LogP) is 3.58. The van der Waals surface area contributed by atoms with Crippen LogP contribution in [0, 0.1) is 0 Å². The maximum atomic E-state index is 13.1. The zero-order valence-electron chi connectivity index (χ0n) is 16.8. The molecule has 150 valence electrons. The van der Waals surface area contributed by atoms with Crippen molar-refractivity contribution in [3.8, 4) is 5.75 Å². The van der Waals surface area contributed by atoms with E-state index >= 15 is 0 Å². The fourth-order valence-corrected chi connectivity index (χ4v) is 3.78. The normalized spacial score (nSPS) is 17.0. The summed E-state index contributed by atoms with van der Waals surface area (Å²) in [5.74, 6) is 1.11. The van der Waals surface area contributed by atoms with Crippen LogP contribution < -0.4 is 10.1 Å². The van der Waals surface area contributed by atoms with E-state index in [0.29, 0.717) is 19.0 Å². The highest BCUT2D eigenvalue weighted by Crippen LogP contribution is 2.19. The lowest BCUT2D eigenvalue weighted by Gasteiger charge is -2.31. The number of benzene rings is 1. The second-order valence-corrected chi connectivity index (χ2v) is 7.38. The van der Waals surface area contributed by atoms with Crippen molar-refractivity contribution in [3.63, 3.8) is 0 Å². The monoisotopic (exact) mass is 381 g/mol. The van der Waals surface area contributed by atoms with Crippen LogP contribution in [0.15, 0.2) is 48.7 Å². The molecule has 1 fully saturated rings. The minimum absolute atomic E-state index is 0.242. The van der Waals surface area contributed by atoms with Crippen molar-refractivity contribution in [2.24, 2.45) is 0 Å². The molecule has 2 heterocycles. The summed E-state index contributed by atoms with van der Waals surface area (Å²) in [5, 5.41) is 3.45. The van der Waals surface area contributed by atoms with E-state index in [1.165, 1.54) is 5.56 Å². The Hall–Kier alpha value is -2.40. The lowest BCUT2D eigenvalue weighted by atomic mass is 10.0. The third-order valence-electron chi connectivity index (χ3n) is 5.38. The number of nitrogens with zero attached hydrogens (tertiary/aromatic N) is 2. The van der Waals surface area contributed by atoms with Crippen molar-refractivity contribution >= 4 is 5.91 Å². The molecule has 1 aromatic carbocycles. The number of hydrogen-bond donors (Lipinski definition) is 1. The Labute approximate surface area is 168 Å². The Morgan fingerprint density at radius 1 is 1.18 bits per heavy atom. The van der Waals surface area contributed by atoms with Crippen LogP contribution in [0.4, 0.5) is 0 Å². The third kappa shape index (κ3) is 6.06. The van der Waals surface area contributed by atoms with Gasteiger partial charge >= 0.3 is 0 Å². The summed E-state index contributed by atoms with van der Waals surface area (Å²) < 4.78 is 5.21. The van der Waals surface area contributed by atoms with Gasteiger partial charge in [-0.15, -0.1) is 0 Å². The molecule has 1 saturated heterocycles. The molecule has 1 atom stereocenters. The van der Waals surface area contributed by atoms with Crippen molar-refractivity contribution in [1.82, 2.24) is 15.2 Å².